The molecule has 1 aromatic carbocycles. The normalized spacial score (nSPS) is 19.0. The van der Waals surface area contributed by atoms with Gasteiger partial charge in [0.2, 0.25) is 0 Å². The van der Waals surface area contributed by atoms with Crippen molar-refractivity contribution in [3.05, 3.63) is 33.4 Å². The lowest BCUT2D eigenvalue weighted by atomic mass is 9.88. The van der Waals surface area contributed by atoms with E-state index in [0.29, 0.717) is 0 Å². The van der Waals surface area contributed by atoms with Crippen LogP contribution in [0.5, 0.6) is 0 Å². The molecule has 2 aliphatic heterocycles. The van der Waals surface area contributed by atoms with Crippen LogP contribution in [-0.2, 0) is 13.1 Å². The van der Waals surface area contributed by atoms with Crippen molar-refractivity contribution in [1.82, 2.24) is 15.5 Å². The fraction of sp³-hybridized carbons (Fsp3) is 0.684. The molecule has 0 fully saturated rings. The Morgan fingerprint density at radius 1 is 0.682 bits per heavy atom. The largest absolute Gasteiger partial charge is 0.313 e. The van der Waals surface area contributed by atoms with Crippen molar-refractivity contribution in [2.75, 3.05) is 33.2 Å². The van der Waals surface area contributed by atoms with Gasteiger partial charge < -0.3 is 15.5 Å². The number of fused-ring (bicyclic) bond motifs is 12. The van der Waals surface area contributed by atoms with E-state index in [1.165, 1.54) is 59.3 Å². The van der Waals surface area contributed by atoms with E-state index in [-0.39, 0.29) is 0 Å². The Balaban J connectivity index is 2.24. The molecule has 2 heterocycles. The van der Waals surface area contributed by atoms with Crippen LogP contribution in [0.15, 0.2) is 0 Å². The predicted octanol–water partition coefficient (Wildman–Crippen LogP) is 2.83. The summed E-state index contributed by atoms with van der Waals surface area (Å²) in [4.78, 5) is 2.45. The maximum atomic E-state index is 3.65. The first-order valence-electron chi connectivity index (χ1n) is 8.70. The number of nitrogens with zero attached hydrogens (tertiary/aromatic N) is 1. The molecule has 0 radical (unpaired) electrons. The van der Waals surface area contributed by atoms with Gasteiger partial charge in [-0.25, -0.2) is 0 Å². The average molecular weight is 303 g/mol. The van der Waals surface area contributed by atoms with Crippen molar-refractivity contribution in [3.8, 4) is 0 Å². The summed E-state index contributed by atoms with van der Waals surface area (Å²) in [5.74, 6) is 0. The molecule has 0 atom stereocenters. The first-order valence-corrected chi connectivity index (χ1v) is 8.70. The highest BCUT2D eigenvalue weighted by atomic mass is 15.1. The van der Waals surface area contributed by atoms with Gasteiger partial charge in [0.25, 0.3) is 0 Å². The summed E-state index contributed by atoms with van der Waals surface area (Å²) in [5, 5.41) is 7.29. The Morgan fingerprint density at radius 2 is 1.05 bits per heavy atom. The number of nitrogens with one attached hydrogen (secondary N) is 2. The van der Waals surface area contributed by atoms with Gasteiger partial charge in [-0.2, -0.15) is 0 Å². The zero-order chi connectivity index (χ0) is 16.1. The molecule has 22 heavy (non-hydrogen) atoms. The van der Waals surface area contributed by atoms with Crippen LogP contribution in [-0.4, -0.2) is 38.1 Å². The van der Waals surface area contributed by atoms with E-state index in [1.807, 2.05) is 0 Å². The van der Waals surface area contributed by atoms with E-state index in [9.17, 15) is 0 Å². The molecule has 2 N–H and O–H groups in total. The summed E-state index contributed by atoms with van der Waals surface area (Å²) in [5.41, 5.74) is 8.89. The van der Waals surface area contributed by atoms with Crippen LogP contribution in [0, 0.1) is 27.7 Å². The van der Waals surface area contributed by atoms with E-state index in [1.54, 1.807) is 0 Å². The van der Waals surface area contributed by atoms with Crippen molar-refractivity contribution in [2.24, 2.45) is 0 Å². The van der Waals surface area contributed by atoms with Crippen LogP contribution < -0.4 is 10.6 Å². The lowest BCUT2D eigenvalue weighted by Gasteiger charge is -2.21. The third-order valence-electron chi connectivity index (χ3n) is 5.33. The first-order chi connectivity index (χ1) is 10.5. The van der Waals surface area contributed by atoms with Gasteiger partial charge in [0, 0.05) is 13.1 Å². The van der Waals surface area contributed by atoms with E-state index < -0.39 is 0 Å². The molecule has 2 bridgehead atoms. The molecule has 124 valence electrons. The zero-order valence-corrected chi connectivity index (χ0v) is 15.1. The molecule has 2 aliphatic rings. The predicted molar refractivity (Wildman–Crippen MR) is 95.5 cm³/mol. The molecule has 0 aliphatic carbocycles. The maximum Gasteiger partial charge on any atom is 0.0210 e. The second-order valence-corrected chi connectivity index (χ2v) is 6.82. The van der Waals surface area contributed by atoms with Crippen LogP contribution in [0.2, 0.25) is 0 Å². The minimum atomic E-state index is 0.997. The SMILES string of the molecule is Cc1c(C)c2c(C)c(C)c1CNCCCN(C)CCCNC2. The molecule has 0 aromatic heterocycles. The van der Waals surface area contributed by atoms with Crippen LogP contribution in [0.3, 0.4) is 0 Å². The average Bonchev–Trinajstić information content (AvgIpc) is 2.50. The van der Waals surface area contributed by atoms with Crippen LogP contribution in [0.1, 0.15) is 46.2 Å². The molecule has 0 spiro atoms. The van der Waals surface area contributed by atoms with E-state index in [4.69, 9.17) is 0 Å². The van der Waals surface area contributed by atoms with Gasteiger partial charge >= 0.3 is 0 Å². The number of hydrogen-bond donors (Lipinski definition) is 2. The first kappa shape index (κ1) is 17.5. The minimum Gasteiger partial charge on any atom is -0.313 e. The Morgan fingerprint density at radius 3 is 1.41 bits per heavy atom. The highest BCUT2D eigenvalue weighted by Crippen LogP contribution is 2.26. The summed E-state index contributed by atoms with van der Waals surface area (Å²) in [6.07, 6.45) is 2.44. The van der Waals surface area contributed by atoms with Crippen LogP contribution in [0.25, 0.3) is 0 Å². The van der Waals surface area contributed by atoms with Crippen LogP contribution >= 0.6 is 0 Å². The van der Waals surface area contributed by atoms with E-state index >= 15 is 0 Å². The summed E-state index contributed by atoms with van der Waals surface area (Å²) in [6.45, 7) is 15.7. The molecular weight excluding hydrogens is 270 g/mol. The monoisotopic (exact) mass is 303 g/mol. The summed E-state index contributed by atoms with van der Waals surface area (Å²) in [6, 6.07) is 0. The second kappa shape index (κ2) is 8.09. The number of benzene rings is 1. The highest BCUT2D eigenvalue weighted by Gasteiger charge is 2.14. The van der Waals surface area contributed by atoms with Gasteiger partial charge in [-0.3, -0.25) is 0 Å². The Labute approximate surface area is 136 Å². The lowest BCUT2D eigenvalue weighted by molar-refractivity contribution is 0.320. The topological polar surface area (TPSA) is 27.3 Å². The summed E-state index contributed by atoms with van der Waals surface area (Å²) in [7, 11) is 2.23. The van der Waals surface area contributed by atoms with Crippen molar-refractivity contribution in [2.45, 2.75) is 53.6 Å². The second-order valence-electron chi connectivity index (χ2n) is 6.82. The Kier molecular flexibility index (Phi) is 6.42. The third-order valence-corrected chi connectivity index (χ3v) is 5.33. The lowest BCUT2D eigenvalue weighted by Crippen LogP contribution is -2.27. The molecule has 0 saturated carbocycles. The molecule has 3 rings (SSSR count). The molecule has 3 heteroatoms. The van der Waals surface area contributed by atoms with Gasteiger partial charge in [0.15, 0.2) is 0 Å². The van der Waals surface area contributed by atoms with Crippen molar-refractivity contribution in [1.29, 1.82) is 0 Å². The van der Waals surface area contributed by atoms with Crippen molar-refractivity contribution >= 4 is 0 Å². The van der Waals surface area contributed by atoms with Gasteiger partial charge in [-0.1, -0.05) is 0 Å². The van der Waals surface area contributed by atoms with E-state index in [2.05, 4.69) is 50.3 Å². The Hall–Kier alpha value is -0.900. The van der Waals surface area contributed by atoms with Gasteiger partial charge in [0.1, 0.15) is 0 Å². The smallest absolute Gasteiger partial charge is 0.0210 e. The van der Waals surface area contributed by atoms with E-state index in [0.717, 1.165) is 26.2 Å². The standard InChI is InChI=1S/C19H33N3/c1-14-15(2)19-13-21-9-7-11-22(5)10-6-8-20-12-18(14)16(3)17(19)4/h20-21H,6-13H2,1-5H3. The molecule has 0 unspecified atom stereocenters. The Bertz CT molecular complexity index is 434. The summed E-state index contributed by atoms with van der Waals surface area (Å²) < 4.78 is 0. The molecule has 3 nitrogen and oxygen atoms in total. The van der Waals surface area contributed by atoms with Crippen LogP contribution in [0.4, 0.5) is 0 Å². The maximum absolute atomic E-state index is 3.65. The zero-order valence-electron chi connectivity index (χ0n) is 15.1. The summed E-state index contributed by atoms with van der Waals surface area (Å²) >= 11 is 0. The molecular formula is C19H33N3. The quantitative estimate of drug-likeness (QED) is 0.772. The minimum absolute atomic E-state index is 0.997. The fourth-order valence-electron chi connectivity index (χ4n) is 3.48. The third kappa shape index (κ3) is 4.09. The van der Waals surface area contributed by atoms with Crippen molar-refractivity contribution in [3.63, 3.8) is 0 Å². The van der Waals surface area contributed by atoms with Gasteiger partial charge in [0.05, 0.1) is 0 Å². The molecule has 1 aromatic rings. The van der Waals surface area contributed by atoms with Crippen molar-refractivity contribution < 1.29 is 0 Å². The molecule has 0 amide bonds. The van der Waals surface area contributed by atoms with Gasteiger partial charge in [-0.05, 0) is 107 Å². The van der Waals surface area contributed by atoms with Gasteiger partial charge in [-0.15, -0.1) is 0 Å². The fourth-order valence-corrected chi connectivity index (χ4v) is 3.48. The number of rotatable bonds is 0. The highest BCUT2D eigenvalue weighted by molar-refractivity contribution is 5.50. The number of hydrogen-bond acceptors (Lipinski definition) is 3. The molecule has 0 saturated heterocycles.